The van der Waals surface area contributed by atoms with Gasteiger partial charge >= 0.3 is 0 Å². The number of ether oxygens (including phenoxy) is 1. The predicted molar refractivity (Wildman–Crippen MR) is 77.2 cm³/mol. The first kappa shape index (κ1) is 13.8. The number of Topliss-reactive ketones (excluding diaryl/α,β-unsaturated/α-hetero) is 1. The van der Waals surface area contributed by atoms with Crippen LogP contribution in [0.5, 0.6) is 5.75 Å². The molecule has 19 heavy (non-hydrogen) atoms. The number of ketones is 1. The summed E-state index contributed by atoms with van der Waals surface area (Å²) in [6.45, 7) is 2.77. The largest absolute Gasteiger partial charge is 0.491 e. The zero-order chi connectivity index (χ0) is 13.7. The SMILES string of the molecule is CCCCOc1ccc(C(=O)CCl)c2cccnc12. The first-order chi connectivity index (χ1) is 9.27. The fourth-order valence-electron chi connectivity index (χ4n) is 1.90. The molecular formula is C15H16ClNO2. The van der Waals surface area contributed by atoms with Crippen LogP contribution in [0.15, 0.2) is 30.5 Å². The highest BCUT2D eigenvalue weighted by Gasteiger charge is 2.12. The van der Waals surface area contributed by atoms with Crippen LogP contribution in [0.4, 0.5) is 0 Å². The predicted octanol–water partition coefficient (Wildman–Crippen LogP) is 3.84. The van der Waals surface area contributed by atoms with Gasteiger partial charge in [-0.15, -0.1) is 11.6 Å². The second-order valence-electron chi connectivity index (χ2n) is 4.27. The van der Waals surface area contributed by atoms with Gasteiger partial charge in [-0.3, -0.25) is 9.78 Å². The van der Waals surface area contributed by atoms with E-state index in [1.807, 2.05) is 12.1 Å². The van der Waals surface area contributed by atoms with E-state index in [0.717, 1.165) is 29.5 Å². The van der Waals surface area contributed by atoms with E-state index < -0.39 is 0 Å². The first-order valence-corrected chi connectivity index (χ1v) is 6.91. The molecular weight excluding hydrogens is 262 g/mol. The number of alkyl halides is 1. The molecule has 2 rings (SSSR count). The second-order valence-corrected chi connectivity index (χ2v) is 4.54. The van der Waals surface area contributed by atoms with Gasteiger partial charge < -0.3 is 4.74 Å². The molecule has 0 unspecified atom stereocenters. The number of fused-ring (bicyclic) bond motifs is 1. The van der Waals surface area contributed by atoms with E-state index in [0.29, 0.717) is 12.2 Å². The van der Waals surface area contributed by atoms with Gasteiger partial charge in [0.05, 0.1) is 12.5 Å². The van der Waals surface area contributed by atoms with Gasteiger partial charge in [-0.2, -0.15) is 0 Å². The third-order valence-electron chi connectivity index (χ3n) is 2.91. The molecule has 0 N–H and O–H groups in total. The van der Waals surface area contributed by atoms with Crippen molar-refractivity contribution < 1.29 is 9.53 Å². The van der Waals surface area contributed by atoms with Gasteiger partial charge in [0.1, 0.15) is 11.3 Å². The molecule has 0 fully saturated rings. The molecule has 1 aromatic carbocycles. The summed E-state index contributed by atoms with van der Waals surface area (Å²) in [5.41, 5.74) is 1.32. The summed E-state index contributed by atoms with van der Waals surface area (Å²) in [7, 11) is 0. The van der Waals surface area contributed by atoms with Gasteiger partial charge in [0.25, 0.3) is 0 Å². The molecule has 3 nitrogen and oxygen atoms in total. The normalized spacial score (nSPS) is 10.6. The molecule has 100 valence electrons. The van der Waals surface area contributed by atoms with Gasteiger partial charge in [-0.25, -0.2) is 0 Å². The molecule has 4 heteroatoms. The Labute approximate surface area is 117 Å². The van der Waals surface area contributed by atoms with Crippen LogP contribution in [0, 0.1) is 0 Å². The maximum atomic E-state index is 11.8. The summed E-state index contributed by atoms with van der Waals surface area (Å²) in [6, 6.07) is 7.23. The Morgan fingerprint density at radius 3 is 2.95 bits per heavy atom. The number of halogens is 1. The third kappa shape index (κ3) is 3.04. The Morgan fingerprint density at radius 2 is 2.21 bits per heavy atom. The van der Waals surface area contributed by atoms with Crippen LogP contribution < -0.4 is 4.74 Å². The van der Waals surface area contributed by atoms with Gasteiger partial charge in [0.15, 0.2) is 5.78 Å². The standard InChI is InChI=1S/C15H16ClNO2/c1-2-3-9-19-14-7-6-11(13(18)10-16)12-5-4-8-17-15(12)14/h4-8H,2-3,9-10H2,1H3. The Bertz CT molecular complexity index is 583. The Kier molecular flexibility index (Phi) is 4.74. The number of unbranched alkanes of at least 4 members (excludes halogenated alkanes) is 1. The lowest BCUT2D eigenvalue weighted by Crippen LogP contribution is -2.04. The molecule has 2 aromatic rings. The van der Waals surface area contributed by atoms with Crippen molar-refractivity contribution in [3.05, 3.63) is 36.0 Å². The van der Waals surface area contributed by atoms with E-state index in [1.54, 1.807) is 18.3 Å². The van der Waals surface area contributed by atoms with Crippen LogP contribution in [-0.4, -0.2) is 23.3 Å². The van der Waals surface area contributed by atoms with Crippen molar-refractivity contribution >= 4 is 28.3 Å². The molecule has 0 amide bonds. The summed E-state index contributed by atoms with van der Waals surface area (Å²) < 4.78 is 5.72. The molecule has 1 heterocycles. The highest BCUT2D eigenvalue weighted by molar-refractivity contribution is 6.32. The Hall–Kier alpha value is -1.61. The molecule has 0 bridgehead atoms. The van der Waals surface area contributed by atoms with Crippen LogP contribution in [0.3, 0.4) is 0 Å². The molecule has 0 aliphatic rings. The number of pyridine rings is 1. The van der Waals surface area contributed by atoms with Crippen LogP contribution in [0.2, 0.25) is 0 Å². The van der Waals surface area contributed by atoms with E-state index in [2.05, 4.69) is 11.9 Å². The van der Waals surface area contributed by atoms with Crippen molar-refractivity contribution in [2.75, 3.05) is 12.5 Å². The molecule has 0 saturated heterocycles. The lowest BCUT2D eigenvalue weighted by molar-refractivity contribution is 0.102. The first-order valence-electron chi connectivity index (χ1n) is 6.37. The number of carbonyl (C=O) groups is 1. The average molecular weight is 278 g/mol. The minimum absolute atomic E-state index is 0.0277. The number of aromatic nitrogens is 1. The number of carbonyl (C=O) groups excluding carboxylic acids is 1. The highest BCUT2D eigenvalue weighted by Crippen LogP contribution is 2.27. The van der Waals surface area contributed by atoms with Crippen LogP contribution in [0.25, 0.3) is 10.9 Å². The van der Waals surface area contributed by atoms with E-state index in [-0.39, 0.29) is 11.7 Å². The van der Waals surface area contributed by atoms with Gasteiger partial charge in [0, 0.05) is 17.1 Å². The Balaban J connectivity index is 2.43. The molecule has 1 aromatic heterocycles. The van der Waals surface area contributed by atoms with Crippen molar-refractivity contribution in [3.8, 4) is 5.75 Å². The van der Waals surface area contributed by atoms with Crippen LogP contribution in [0.1, 0.15) is 30.1 Å². The summed E-state index contributed by atoms with van der Waals surface area (Å²) in [5, 5.41) is 0.794. The maximum absolute atomic E-state index is 11.8. The smallest absolute Gasteiger partial charge is 0.178 e. The highest BCUT2D eigenvalue weighted by atomic mass is 35.5. The molecule has 0 aliphatic heterocycles. The van der Waals surface area contributed by atoms with E-state index in [1.165, 1.54) is 0 Å². The number of hydrogen-bond acceptors (Lipinski definition) is 3. The van der Waals surface area contributed by atoms with Crippen LogP contribution in [-0.2, 0) is 0 Å². The van der Waals surface area contributed by atoms with Crippen molar-refractivity contribution in [1.29, 1.82) is 0 Å². The Morgan fingerprint density at radius 1 is 1.37 bits per heavy atom. The zero-order valence-corrected chi connectivity index (χ0v) is 11.6. The molecule has 0 aliphatic carbocycles. The number of hydrogen-bond donors (Lipinski definition) is 0. The minimum Gasteiger partial charge on any atom is -0.491 e. The van der Waals surface area contributed by atoms with E-state index in [9.17, 15) is 4.79 Å². The lowest BCUT2D eigenvalue weighted by atomic mass is 10.0. The molecule has 0 spiro atoms. The quantitative estimate of drug-likeness (QED) is 0.457. The van der Waals surface area contributed by atoms with Crippen LogP contribution >= 0.6 is 11.6 Å². The van der Waals surface area contributed by atoms with Crippen molar-refractivity contribution in [3.63, 3.8) is 0 Å². The topological polar surface area (TPSA) is 39.2 Å². The monoisotopic (exact) mass is 277 g/mol. The number of nitrogens with zero attached hydrogens (tertiary/aromatic N) is 1. The zero-order valence-electron chi connectivity index (χ0n) is 10.9. The van der Waals surface area contributed by atoms with Gasteiger partial charge in [-0.05, 0) is 24.6 Å². The third-order valence-corrected chi connectivity index (χ3v) is 3.15. The summed E-state index contributed by atoms with van der Waals surface area (Å²) in [4.78, 5) is 16.1. The van der Waals surface area contributed by atoms with Gasteiger partial charge in [0.2, 0.25) is 0 Å². The van der Waals surface area contributed by atoms with Crippen molar-refractivity contribution in [2.45, 2.75) is 19.8 Å². The van der Waals surface area contributed by atoms with E-state index >= 15 is 0 Å². The lowest BCUT2D eigenvalue weighted by Gasteiger charge is -2.10. The number of benzene rings is 1. The summed E-state index contributed by atoms with van der Waals surface area (Å²) in [5.74, 6) is 0.593. The maximum Gasteiger partial charge on any atom is 0.178 e. The molecule has 0 atom stereocenters. The fourth-order valence-corrected chi connectivity index (χ4v) is 2.05. The summed E-state index contributed by atoms with van der Waals surface area (Å²) >= 11 is 5.63. The molecule has 0 saturated carbocycles. The van der Waals surface area contributed by atoms with E-state index in [4.69, 9.17) is 16.3 Å². The van der Waals surface area contributed by atoms with Crippen molar-refractivity contribution in [2.24, 2.45) is 0 Å². The number of rotatable bonds is 6. The minimum atomic E-state index is -0.0974. The average Bonchev–Trinajstić information content (AvgIpc) is 2.47. The van der Waals surface area contributed by atoms with Crippen molar-refractivity contribution in [1.82, 2.24) is 4.98 Å². The van der Waals surface area contributed by atoms with Gasteiger partial charge in [-0.1, -0.05) is 19.4 Å². The summed E-state index contributed by atoms with van der Waals surface area (Å²) in [6.07, 6.45) is 3.77. The fraction of sp³-hybridized carbons (Fsp3) is 0.333. The molecule has 0 radical (unpaired) electrons. The second kappa shape index (κ2) is 6.53.